The number of carbonyl (C=O) groups excluding carboxylic acids is 2. The monoisotopic (exact) mass is 450 g/mol. The van der Waals surface area contributed by atoms with Crippen molar-refractivity contribution in [1.82, 2.24) is 0 Å². The third kappa shape index (κ3) is 3.73. The highest BCUT2D eigenvalue weighted by Crippen LogP contribution is 2.43. The van der Waals surface area contributed by atoms with Crippen LogP contribution in [0.5, 0.6) is 0 Å². The Kier molecular flexibility index (Phi) is 5.47. The highest BCUT2D eigenvalue weighted by atomic mass is 19.2. The molecule has 1 unspecified atom stereocenters. The molecule has 0 bridgehead atoms. The van der Waals surface area contributed by atoms with E-state index in [1.54, 1.807) is 31.2 Å². The molecular formula is C24H16F2N2O5. The lowest BCUT2D eigenvalue weighted by molar-refractivity contribution is -0.384. The fourth-order valence-electron chi connectivity index (χ4n) is 3.82. The average Bonchev–Trinajstić information content (AvgIpc) is 3.06. The van der Waals surface area contributed by atoms with E-state index < -0.39 is 40.0 Å². The number of ketones is 1. The molecule has 33 heavy (non-hydrogen) atoms. The van der Waals surface area contributed by atoms with E-state index in [1.807, 2.05) is 0 Å². The lowest BCUT2D eigenvalue weighted by Gasteiger charge is -2.26. The molecule has 7 nitrogen and oxygen atoms in total. The number of benzene rings is 3. The van der Waals surface area contributed by atoms with Crippen LogP contribution in [0.15, 0.2) is 72.3 Å². The van der Waals surface area contributed by atoms with Crippen molar-refractivity contribution in [2.45, 2.75) is 13.0 Å². The molecule has 1 saturated heterocycles. The Morgan fingerprint density at radius 1 is 1.00 bits per heavy atom. The minimum atomic E-state index is -1.20. The van der Waals surface area contributed by atoms with Gasteiger partial charge in [0.2, 0.25) is 0 Å². The second kappa shape index (κ2) is 8.27. The SMILES string of the molecule is Cc1ccccc1C1/C(=C(\O)c2ccc([N+](=O)[O-])cc2)C(=O)C(=O)N1c1ccc(F)c(F)c1. The summed E-state index contributed by atoms with van der Waals surface area (Å²) in [5, 5.41) is 21.9. The third-order valence-electron chi connectivity index (χ3n) is 5.46. The number of nitrogens with zero attached hydrogens (tertiary/aromatic N) is 2. The number of Topliss-reactive ketones (excluding diaryl/α,β-unsaturated/α-hetero) is 1. The maximum absolute atomic E-state index is 14.0. The minimum Gasteiger partial charge on any atom is -0.507 e. The summed E-state index contributed by atoms with van der Waals surface area (Å²) in [6.07, 6.45) is 0. The maximum Gasteiger partial charge on any atom is 0.300 e. The molecule has 1 amide bonds. The van der Waals surface area contributed by atoms with Gasteiger partial charge in [-0.2, -0.15) is 0 Å². The number of amides is 1. The zero-order chi connectivity index (χ0) is 23.9. The topological polar surface area (TPSA) is 101 Å². The number of aryl methyl sites for hydroxylation is 1. The quantitative estimate of drug-likeness (QED) is 0.202. The third-order valence-corrected chi connectivity index (χ3v) is 5.46. The van der Waals surface area contributed by atoms with Crippen molar-refractivity contribution in [3.05, 3.63) is 111 Å². The number of hydrogen-bond donors (Lipinski definition) is 1. The molecule has 166 valence electrons. The number of halogens is 2. The molecular weight excluding hydrogens is 434 g/mol. The number of carbonyl (C=O) groups is 2. The molecule has 1 fully saturated rings. The molecule has 4 rings (SSSR count). The molecule has 0 saturated carbocycles. The predicted octanol–water partition coefficient (Wildman–Crippen LogP) is 4.81. The van der Waals surface area contributed by atoms with Crippen molar-refractivity contribution in [1.29, 1.82) is 0 Å². The van der Waals surface area contributed by atoms with Gasteiger partial charge in [-0.3, -0.25) is 24.6 Å². The second-order valence-electron chi connectivity index (χ2n) is 7.43. The van der Waals surface area contributed by atoms with Crippen molar-refractivity contribution in [2.24, 2.45) is 0 Å². The van der Waals surface area contributed by atoms with Gasteiger partial charge < -0.3 is 5.11 Å². The number of aliphatic hydroxyl groups excluding tert-OH is 1. The number of nitro groups is 1. The summed E-state index contributed by atoms with van der Waals surface area (Å²) in [5.41, 5.74) is 0.711. The molecule has 1 atom stereocenters. The Morgan fingerprint density at radius 3 is 2.27 bits per heavy atom. The Hall–Kier alpha value is -4.40. The smallest absolute Gasteiger partial charge is 0.300 e. The number of hydrogen-bond acceptors (Lipinski definition) is 5. The van der Waals surface area contributed by atoms with Crippen molar-refractivity contribution in [3.8, 4) is 0 Å². The molecule has 3 aromatic carbocycles. The molecule has 0 spiro atoms. The van der Waals surface area contributed by atoms with Crippen LogP contribution in [0.3, 0.4) is 0 Å². The predicted molar refractivity (Wildman–Crippen MR) is 115 cm³/mol. The fraction of sp³-hybridized carbons (Fsp3) is 0.0833. The van der Waals surface area contributed by atoms with E-state index in [2.05, 4.69) is 0 Å². The highest BCUT2D eigenvalue weighted by Gasteiger charge is 2.47. The summed E-state index contributed by atoms with van der Waals surface area (Å²) < 4.78 is 27.5. The summed E-state index contributed by atoms with van der Waals surface area (Å²) in [5.74, 6) is -4.91. The lowest BCUT2D eigenvalue weighted by atomic mass is 9.92. The zero-order valence-electron chi connectivity index (χ0n) is 17.2. The van der Waals surface area contributed by atoms with Gasteiger partial charge in [0.25, 0.3) is 17.4 Å². The van der Waals surface area contributed by atoms with E-state index >= 15 is 0 Å². The van der Waals surface area contributed by atoms with Gasteiger partial charge in [0, 0.05) is 29.4 Å². The lowest BCUT2D eigenvalue weighted by Crippen LogP contribution is -2.30. The van der Waals surface area contributed by atoms with Crippen molar-refractivity contribution in [3.63, 3.8) is 0 Å². The normalized spacial score (nSPS) is 17.4. The molecule has 9 heteroatoms. The molecule has 1 heterocycles. The Morgan fingerprint density at radius 2 is 1.67 bits per heavy atom. The Balaban J connectivity index is 1.95. The zero-order valence-corrected chi connectivity index (χ0v) is 17.2. The first-order valence-electron chi connectivity index (χ1n) is 9.77. The molecule has 1 aliphatic heterocycles. The standard InChI is InChI=1S/C24H16F2N2O5/c1-13-4-2-3-5-17(13)21-20(22(29)14-6-8-15(9-7-14)28(32)33)23(30)24(31)27(21)16-10-11-18(25)19(26)12-16/h2-12,21,29H,1H3/b22-20+. The molecule has 0 radical (unpaired) electrons. The number of nitro benzene ring substituents is 1. The summed E-state index contributed by atoms with van der Waals surface area (Å²) in [6.45, 7) is 1.74. The first-order valence-corrected chi connectivity index (χ1v) is 9.77. The highest BCUT2D eigenvalue weighted by molar-refractivity contribution is 6.51. The summed E-state index contributed by atoms with van der Waals surface area (Å²) in [4.78, 5) is 37.4. The summed E-state index contributed by atoms with van der Waals surface area (Å²) in [6, 6.07) is 13.3. The summed E-state index contributed by atoms with van der Waals surface area (Å²) >= 11 is 0. The first-order chi connectivity index (χ1) is 15.7. The van der Waals surface area contributed by atoms with Gasteiger partial charge in [-0.25, -0.2) is 8.78 Å². The van der Waals surface area contributed by atoms with Gasteiger partial charge in [-0.1, -0.05) is 24.3 Å². The first kappa shape index (κ1) is 21.8. The number of non-ortho nitro benzene ring substituents is 1. The Labute approximate surface area is 186 Å². The van der Waals surface area contributed by atoms with Crippen LogP contribution in [-0.2, 0) is 9.59 Å². The molecule has 0 aromatic heterocycles. The van der Waals surface area contributed by atoms with Gasteiger partial charge in [-0.15, -0.1) is 0 Å². The van der Waals surface area contributed by atoms with E-state index in [-0.39, 0.29) is 22.5 Å². The van der Waals surface area contributed by atoms with E-state index in [9.17, 15) is 33.6 Å². The van der Waals surface area contributed by atoms with Crippen LogP contribution < -0.4 is 4.90 Å². The van der Waals surface area contributed by atoms with Gasteiger partial charge in [-0.05, 0) is 42.3 Å². The number of aliphatic hydroxyl groups is 1. The number of rotatable bonds is 4. The molecule has 3 aromatic rings. The van der Waals surface area contributed by atoms with E-state index in [1.165, 1.54) is 18.2 Å². The van der Waals surface area contributed by atoms with E-state index in [0.29, 0.717) is 11.1 Å². The van der Waals surface area contributed by atoms with Crippen molar-refractivity contribution < 1.29 is 28.4 Å². The van der Waals surface area contributed by atoms with Gasteiger partial charge >= 0.3 is 0 Å². The fourth-order valence-corrected chi connectivity index (χ4v) is 3.82. The van der Waals surface area contributed by atoms with E-state index in [4.69, 9.17) is 0 Å². The van der Waals surface area contributed by atoms with Gasteiger partial charge in [0.05, 0.1) is 16.5 Å². The summed E-state index contributed by atoms with van der Waals surface area (Å²) in [7, 11) is 0. The van der Waals surface area contributed by atoms with Gasteiger partial charge in [0.15, 0.2) is 11.6 Å². The van der Waals surface area contributed by atoms with Crippen LogP contribution in [0.2, 0.25) is 0 Å². The van der Waals surface area contributed by atoms with Crippen LogP contribution in [-0.4, -0.2) is 21.7 Å². The molecule has 0 aliphatic carbocycles. The van der Waals surface area contributed by atoms with E-state index in [0.717, 1.165) is 29.2 Å². The van der Waals surface area contributed by atoms with Crippen molar-refractivity contribution >= 4 is 28.8 Å². The minimum absolute atomic E-state index is 0.0630. The molecule has 1 N–H and O–H groups in total. The Bertz CT molecular complexity index is 1330. The largest absolute Gasteiger partial charge is 0.507 e. The van der Waals surface area contributed by atoms with Crippen LogP contribution >= 0.6 is 0 Å². The molecule has 1 aliphatic rings. The number of anilines is 1. The van der Waals surface area contributed by atoms with Crippen LogP contribution in [0.4, 0.5) is 20.2 Å². The maximum atomic E-state index is 14.0. The van der Waals surface area contributed by atoms with Crippen LogP contribution in [0.25, 0.3) is 5.76 Å². The second-order valence-corrected chi connectivity index (χ2v) is 7.43. The van der Waals surface area contributed by atoms with Gasteiger partial charge in [0.1, 0.15) is 5.76 Å². The van der Waals surface area contributed by atoms with Crippen LogP contribution in [0.1, 0.15) is 22.7 Å². The van der Waals surface area contributed by atoms with Crippen molar-refractivity contribution in [2.75, 3.05) is 4.90 Å². The van der Waals surface area contributed by atoms with Crippen LogP contribution in [0, 0.1) is 28.7 Å². The average molecular weight is 450 g/mol.